The Morgan fingerprint density at radius 2 is 1.69 bits per heavy atom. The van der Waals surface area contributed by atoms with E-state index in [1.807, 2.05) is 0 Å². The lowest BCUT2D eigenvalue weighted by Crippen LogP contribution is -2.63. The third-order valence-corrected chi connectivity index (χ3v) is 5.02. The number of nitrogens with zero attached hydrogens (tertiary/aromatic N) is 1. The lowest BCUT2D eigenvalue weighted by Gasteiger charge is -2.57. The van der Waals surface area contributed by atoms with Crippen LogP contribution in [0.15, 0.2) is 0 Å². The minimum absolute atomic E-state index is 0.470. The summed E-state index contributed by atoms with van der Waals surface area (Å²) in [6, 6.07) is 0. The van der Waals surface area contributed by atoms with Gasteiger partial charge >= 0.3 is 0 Å². The maximum absolute atomic E-state index is 5.50. The van der Waals surface area contributed by atoms with E-state index in [0.29, 0.717) is 11.8 Å². The van der Waals surface area contributed by atoms with Crippen molar-refractivity contribution >= 4 is 0 Å². The molecule has 5 fully saturated rings. The van der Waals surface area contributed by atoms with Gasteiger partial charge in [-0.05, 0) is 49.0 Å². The first-order chi connectivity index (χ1) is 7.83. The Hall–Kier alpha value is -0.200. The van der Waals surface area contributed by atoms with Gasteiger partial charge in [0.25, 0.3) is 0 Å². The average Bonchev–Trinajstić information content (AvgIpc) is 2.69. The maximum Gasteiger partial charge on any atom is 0.216 e. The van der Waals surface area contributed by atoms with E-state index >= 15 is 0 Å². The molecule has 0 aromatic rings. The van der Waals surface area contributed by atoms with Crippen LogP contribution in [0.25, 0.3) is 0 Å². The van der Waals surface area contributed by atoms with E-state index in [1.165, 1.54) is 37.3 Å². The van der Waals surface area contributed by atoms with Crippen molar-refractivity contribution in [1.82, 2.24) is 5.23 Å². The molecule has 1 spiro atoms. The largest absolute Gasteiger partial charge is 0.273 e. The van der Waals surface area contributed by atoms with Gasteiger partial charge in [-0.3, -0.25) is 4.84 Å². The lowest BCUT2D eigenvalue weighted by atomic mass is 9.52. The van der Waals surface area contributed by atoms with E-state index < -0.39 is 5.72 Å². The smallest absolute Gasteiger partial charge is 0.216 e. The van der Waals surface area contributed by atoms with Gasteiger partial charge in [0.05, 0.1) is 7.11 Å². The summed E-state index contributed by atoms with van der Waals surface area (Å²) in [5.41, 5.74) is -0.470. The third-order valence-electron chi connectivity index (χ3n) is 5.02. The van der Waals surface area contributed by atoms with Crippen molar-refractivity contribution in [3.8, 4) is 0 Å². The van der Waals surface area contributed by atoms with Gasteiger partial charge in [-0.2, -0.15) is 4.89 Å². The molecule has 1 aliphatic heterocycles. The molecule has 90 valence electrons. The van der Waals surface area contributed by atoms with Crippen LogP contribution in [0.1, 0.15) is 32.1 Å². The third kappa shape index (κ3) is 1.03. The van der Waals surface area contributed by atoms with Crippen LogP contribution in [-0.2, 0) is 19.8 Å². The monoisotopic (exact) mass is 227 g/mol. The molecule has 5 aliphatic rings. The molecular formula is C11H17NO4. The SMILES string of the molecule is CON1OOOC12C1CC3CC(C1)CC2C3. The second kappa shape index (κ2) is 3.17. The fraction of sp³-hybridized carbons (Fsp3) is 1.00. The topological polar surface area (TPSA) is 40.2 Å². The van der Waals surface area contributed by atoms with Crippen LogP contribution < -0.4 is 0 Å². The van der Waals surface area contributed by atoms with Crippen molar-refractivity contribution in [1.29, 1.82) is 0 Å². The highest BCUT2D eigenvalue weighted by Gasteiger charge is 2.66. The number of hydroxylamine groups is 2. The summed E-state index contributed by atoms with van der Waals surface area (Å²) >= 11 is 0. The van der Waals surface area contributed by atoms with E-state index in [2.05, 4.69) is 0 Å². The van der Waals surface area contributed by atoms with E-state index in [4.69, 9.17) is 19.8 Å². The van der Waals surface area contributed by atoms with Gasteiger partial charge in [0.15, 0.2) is 0 Å². The molecule has 5 rings (SSSR count). The minimum Gasteiger partial charge on any atom is -0.273 e. The van der Waals surface area contributed by atoms with Gasteiger partial charge in [-0.25, -0.2) is 0 Å². The van der Waals surface area contributed by atoms with Crippen LogP contribution in [-0.4, -0.2) is 18.1 Å². The molecule has 0 aromatic carbocycles. The first-order valence-corrected chi connectivity index (χ1v) is 6.19. The Bertz CT molecular complexity index is 280. The van der Waals surface area contributed by atoms with Crippen LogP contribution in [0.2, 0.25) is 0 Å². The van der Waals surface area contributed by atoms with Crippen molar-refractivity contribution < 1.29 is 19.8 Å². The van der Waals surface area contributed by atoms with Crippen LogP contribution in [0.4, 0.5) is 0 Å². The second-order valence-electron chi connectivity index (χ2n) is 5.72. The molecule has 0 unspecified atom stereocenters. The van der Waals surface area contributed by atoms with Gasteiger partial charge in [0, 0.05) is 17.1 Å². The standard InChI is InChI=1S/C11H17NO4/c1-13-12-11(14-16-15-12)9-3-7-2-8(5-9)6-10(11)4-7/h7-10H,2-6H2,1H3. The molecule has 16 heavy (non-hydrogen) atoms. The Balaban J connectivity index is 1.73. The Morgan fingerprint density at radius 1 is 1.06 bits per heavy atom. The van der Waals surface area contributed by atoms with Crippen molar-refractivity contribution in [3.05, 3.63) is 0 Å². The van der Waals surface area contributed by atoms with Gasteiger partial charge in [0.1, 0.15) is 0 Å². The Labute approximate surface area is 94.3 Å². The highest BCUT2D eigenvalue weighted by Crippen LogP contribution is 2.61. The summed E-state index contributed by atoms with van der Waals surface area (Å²) in [5, 5.41) is 6.17. The van der Waals surface area contributed by atoms with Crippen LogP contribution >= 0.6 is 0 Å². The highest BCUT2D eigenvalue weighted by molar-refractivity contribution is 5.05. The molecule has 5 nitrogen and oxygen atoms in total. The van der Waals surface area contributed by atoms with Crippen molar-refractivity contribution in [2.75, 3.05) is 7.11 Å². The molecule has 0 radical (unpaired) electrons. The quantitative estimate of drug-likeness (QED) is 0.639. The zero-order valence-electron chi connectivity index (χ0n) is 9.43. The van der Waals surface area contributed by atoms with Gasteiger partial charge in [0.2, 0.25) is 5.72 Å². The normalized spacial score (nSPS) is 55.3. The van der Waals surface area contributed by atoms with Crippen molar-refractivity contribution in [3.63, 3.8) is 0 Å². The van der Waals surface area contributed by atoms with E-state index in [1.54, 1.807) is 7.11 Å². The zero-order chi connectivity index (χ0) is 10.8. The number of hydrogen-bond donors (Lipinski definition) is 0. The molecule has 5 heteroatoms. The predicted octanol–water partition coefficient (Wildman–Crippen LogP) is 1.81. The van der Waals surface area contributed by atoms with Crippen LogP contribution in [0.3, 0.4) is 0 Å². The Morgan fingerprint density at radius 3 is 2.25 bits per heavy atom. The molecule has 0 atom stereocenters. The molecule has 1 heterocycles. The van der Waals surface area contributed by atoms with Gasteiger partial charge < -0.3 is 0 Å². The summed E-state index contributed by atoms with van der Waals surface area (Å²) in [6.07, 6.45) is 6.30. The zero-order valence-corrected chi connectivity index (χ0v) is 9.43. The first-order valence-electron chi connectivity index (χ1n) is 6.19. The fourth-order valence-corrected chi connectivity index (χ4v) is 4.65. The molecule has 0 amide bonds. The molecular weight excluding hydrogens is 210 g/mol. The van der Waals surface area contributed by atoms with Crippen molar-refractivity contribution in [2.24, 2.45) is 23.7 Å². The summed E-state index contributed by atoms with van der Waals surface area (Å²) in [5.74, 6) is 2.75. The summed E-state index contributed by atoms with van der Waals surface area (Å²) in [6.45, 7) is 0. The predicted molar refractivity (Wildman–Crippen MR) is 51.9 cm³/mol. The second-order valence-corrected chi connectivity index (χ2v) is 5.72. The molecule has 0 N–H and O–H groups in total. The fourth-order valence-electron chi connectivity index (χ4n) is 4.65. The lowest BCUT2D eigenvalue weighted by molar-refractivity contribution is -0.533. The molecule has 4 aliphatic carbocycles. The van der Waals surface area contributed by atoms with Crippen LogP contribution in [0.5, 0.6) is 0 Å². The summed E-state index contributed by atoms with van der Waals surface area (Å²) < 4.78 is 0. The summed E-state index contributed by atoms with van der Waals surface area (Å²) in [4.78, 5) is 15.7. The number of rotatable bonds is 1. The Kier molecular flexibility index (Phi) is 1.94. The highest BCUT2D eigenvalue weighted by atomic mass is 17.6. The van der Waals surface area contributed by atoms with Crippen LogP contribution in [0, 0.1) is 23.7 Å². The maximum atomic E-state index is 5.50. The van der Waals surface area contributed by atoms with Gasteiger partial charge in [-0.1, -0.05) is 4.99 Å². The minimum atomic E-state index is -0.470. The van der Waals surface area contributed by atoms with Crippen molar-refractivity contribution in [2.45, 2.75) is 37.8 Å². The summed E-state index contributed by atoms with van der Waals surface area (Å²) in [7, 11) is 1.60. The van der Waals surface area contributed by atoms with Gasteiger partial charge in [-0.15, -0.1) is 0 Å². The first kappa shape index (κ1) is 9.79. The molecule has 1 saturated heterocycles. The van der Waals surface area contributed by atoms with E-state index in [9.17, 15) is 0 Å². The van der Waals surface area contributed by atoms with E-state index in [-0.39, 0.29) is 0 Å². The average molecular weight is 227 g/mol. The van der Waals surface area contributed by atoms with E-state index in [0.717, 1.165) is 11.8 Å². The number of hydrogen-bond acceptors (Lipinski definition) is 5. The molecule has 0 aromatic heterocycles. The molecule has 4 saturated carbocycles. The molecule has 4 bridgehead atoms.